The molecule has 3 N–H and O–H groups in total. The largest absolute Gasteiger partial charge is 0.391 e. The minimum Gasteiger partial charge on any atom is -0.391 e. The van der Waals surface area contributed by atoms with E-state index in [0.717, 1.165) is 4.48 Å². The van der Waals surface area contributed by atoms with Crippen LogP contribution in [-0.4, -0.2) is 98.5 Å². The second-order valence-corrected chi connectivity index (χ2v) is 6.33. The van der Waals surface area contributed by atoms with Gasteiger partial charge in [0.25, 0.3) is 0 Å². The zero-order valence-corrected chi connectivity index (χ0v) is 13.6. The molecule has 0 saturated heterocycles. The number of likely N-dealkylation sites (N-methyl/N-ethyl adjacent to an activating group) is 1. The first-order valence-corrected chi connectivity index (χ1v) is 7.21. The summed E-state index contributed by atoms with van der Waals surface area (Å²) in [5.74, 6) is 0. The molecule has 0 amide bonds. The zero-order chi connectivity index (χ0) is 15.4. The van der Waals surface area contributed by atoms with E-state index in [4.69, 9.17) is 15.3 Å². The molecule has 0 atom stereocenters. The van der Waals surface area contributed by atoms with Crippen molar-refractivity contribution in [1.29, 1.82) is 0 Å². The van der Waals surface area contributed by atoms with Crippen LogP contribution >= 0.6 is 0 Å². The summed E-state index contributed by atoms with van der Waals surface area (Å²) >= 11 is 0. The maximum absolute atomic E-state index is 8.68. The molecular weight excluding hydrogens is 244 g/mol. The van der Waals surface area contributed by atoms with Crippen molar-refractivity contribution in [1.82, 2.24) is 0 Å². The Bertz CT molecular complexity index is 177. The number of unbranched alkanes of at least 4 members (excludes halogenated alkanes) is 1. The first-order valence-electron chi connectivity index (χ1n) is 7.21. The summed E-state index contributed by atoms with van der Waals surface area (Å²) in [6.07, 6.45) is 2.67. The summed E-state index contributed by atoms with van der Waals surface area (Å²) in [5.41, 5.74) is 0. The summed E-state index contributed by atoms with van der Waals surface area (Å²) in [4.78, 5) is 0. The van der Waals surface area contributed by atoms with Crippen LogP contribution in [0.3, 0.4) is 0 Å². The van der Waals surface area contributed by atoms with E-state index in [-0.39, 0.29) is 19.8 Å². The highest BCUT2D eigenvalue weighted by Gasteiger charge is 2.18. The molecule has 0 radical (unpaired) electrons. The van der Waals surface area contributed by atoms with Crippen LogP contribution in [0.15, 0.2) is 0 Å². The van der Waals surface area contributed by atoms with E-state index < -0.39 is 0 Å². The Hall–Kier alpha value is -0.200. The van der Waals surface area contributed by atoms with E-state index >= 15 is 0 Å². The molecule has 0 aliphatic carbocycles. The van der Waals surface area contributed by atoms with Crippen LogP contribution in [-0.2, 0) is 0 Å². The van der Waals surface area contributed by atoms with Gasteiger partial charge in [-0.1, -0.05) is 13.3 Å². The number of rotatable bonds is 9. The number of quaternary nitrogens is 2. The topological polar surface area (TPSA) is 60.7 Å². The van der Waals surface area contributed by atoms with Crippen molar-refractivity contribution < 1.29 is 24.3 Å². The maximum Gasteiger partial charge on any atom is 0.102 e. The lowest BCUT2D eigenvalue weighted by Crippen LogP contribution is -2.49. The highest BCUT2D eigenvalue weighted by molar-refractivity contribution is 4.37. The Morgan fingerprint density at radius 2 is 1.05 bits per heavy atom. The SMILES string of the molecule is CCCC[N+](C)(C)C.C[N+](CCO)(CCO)CCO. The highest BCUT2D eigenvalue weighted by Crippen LogP contribution is 1.99. The van der Waals surface area contributed by atoms with Gasteiger partial charge in [0, 0.05) is 0 Å². The molecule has 0 spiro atoms. The number of hydrogen-bond acceptors (Lipinski definition) is 3. The molecule has 0 unspecified atom stereocenters. The first-order chi connectivity index (χ1) is 8.74. The van der Waals surface area contributed by atoms with Gasteiger partial charge in [-0.05, 0) is 6.42 Å². The molecule has 0 aromatic carbocycles. The van der Waals surface area contributed by atoms with Gasteiger partial charge in [-0.15, -0.1) is 0 Å². The van der Waals surface area contributed by atoms with E-state index in [2.05, 4.69) is 28.1 Å². The Morgan fingerprint density at radius 1 is 0.684 bits per heavy atom. The number of aliphatic hydroxyl groups is 3. The van der Waals surface area contributed by atoms with E-state index in [1.54, 1.807) is 0 Å². The fourth-order valence-electron chi connectivity index (χ4n) is 1.69. The molecule has 5 heteroatoms. The van der Waals surface area contributed by atoms with Crippen LogP contribution in [0.5, 0.6) is 0 Å². The van der Waals surface area contributed by atoms with Gasteiger partial charge in [0.05, 0.1) is 54.6 Å². The molecule has 19 heavy (non-hydrogen) atoms. The maximum atomic E-state index is 8.68. The van der Waals surface area contributed by atoms with Crippen molar-refractivity contribution in [2.45, 2.75) is 19.8 Å². The van der Waals surface area contributed by atoms with Crippen LogP contribution in [0.4, 0.5) is 0 Å². The molecule has 0 aliphatic heterocycles. The molecule has 0 rings (SSSR count). The molecule has 0 aromatic heterocycles. The summed E-state index contributed by atoms with van der Waals surface area (Å²) in [6, 6.07) is 0. The number of aliphatic hydroxyl groups excluding tert-OH is 3. The Morgan fingerprint density at radius 3 is 1.21 bits per heavy atom. The summed E-state index contributed by atoms with van der Waals surface area (Å²) in [6.45, 7) is 5.57. The van der Waals surface area contributed by atoms with Crippen LogP contribution in [0.2, 0.25) is 0 Å². The third-order valence-electron chi connectivity index (χ3n) is 3.10. The molecule has 118 valence electrons. The van der Waals surface area contributed by atoms with Crippen LogP contribution < -0.4 is 0 Å². The molecule has 0 fully saturated rings. The Balaban J connectivity index is 0. The normalized spacial score (nSPS) is 12.0. The van der Waals surface area contributed by atoms with Crippen LogP contribution in [0.25, 0.3) is 0 Å². The number of nitrogens with zero attached hydrogens (tertiary/aromatic N) is 2. The van der Waals surface area contributed by atoms with Gasteiger partial charge in [0.2, 0.25) is 0 Å². The molecule has 0 aliphatic rings. The van der Waals surface area contributed by atoms with Gasteiger partial charge in [-0.2, -0.15) is 0 Å². The molecule has 0 saturated carbocycles. The third kappa shape index (κ3) is 15.7. The van der Waals surface area contributed by atoms with Crippen molar-refractivity contribution in [2.24, 2.45) is 0 Å². The second-order valence-electron chi connectivity index (χ2n) is 6.33. The van der Waals surface area contributed by atoms with Crippen molar-refractivity contribution >= 4 is 0 Å². The second kappa shape index (κ2) is 11.6. The first kappa shape index (κ1) is 21.1. The van der Waals surface area contributed by atoms with Crippen LogP contribution in [0, 0.1) is 0 Å². The summed E-state index contributed by atoms with van der Waals surface area (Å²) in [7, 11) is 8.60. The van der Waals surface area contributed by atoms with E-state index in [1.807, 2.05) is 7.05 Å². The average Bonchev–Trinajstić information content (AvgIpc) is 2.27. The fraction of sp³-hybridized carbons (Fsp3) is 1.00. The van der Waals surface area contributed by atoms with Crippen LogP contribution in [0.1, 0.15) is 19.8 Å². The lowest BCUT2D eigenvalue weighted by atomic mass is 10.3. The molecule has 0 bridgehead atoms. The summed E-state index contributed by atoms with van der Waals surface area (Å²) < 4.78 is 1.64. The lowest BCUT2D eigenvalue weighted by molar-refractivity contribution is -0.910. The van der Waals surface area contributed by atoms with Gasteiger partial charge in [-0.3, -0.25) is 0 Å². The molecule has 0 aromatic rings. The van der Waals surface area contributed by atoms with Gasteiger partial charge in [-0.25, -0.2) is 0 Å². The van der Waals surface area contributed by atoms with E-state index in [1.165, 1.54) is 19.4 Å². The number of hydrogen-bond donors (Lipinski definition) is 3. The average molecular weight is 280 g/mol. The van der Waals surface area contributed by atoms with Gasteiger partial charge >= 0.3 is 0 Å². The lowest BCUT2D eigenvalue weighted by Gasteiger charge is -2.32. The van der Waals surface area contributed by atoms with Crippen molar-refractivity contribution in [3.05, 3.63) is 0 Å². The highest BCUT2D eigenvalue weighted by atomic mass is 16.3. The van der Waals surface area contributed by atoms with E-state index in [9.17, 15) is 0 Å². The standard InChI is InChI=1S/C7H18NO3.C7H18N/c1-8(2-5-9,3-6-10)4-7-11;1-5-6-7-8(2,3)4/h9-11H,2-7H2,1H3;5-7H2,1-4H3/q2*+1. The molecular formula is C14H36N2O3+2. The van der Waals surface area contributed by atoms with Crippen molar-refractivity contribution in [3.8, 4) is 0 Å². The molecule has 5 nitrogen and oxygen atoms in total. The minimum atomic E-state index is 0.0938. The Kier molecular flexibility index (Phi) is 12.9. The quantitative estimate of drug-likeness (QED) is 0.517. The minimum absolute atomic E-state index is 0.0938. The fourth-order valence-corrected chi connectivity index (χ4v) is 1.69. The predicted octanol–water partition coefficient (Wildman–Crippen LogP) is -0.0974. The van der Waals surface area contributed by atoms with Gasteiger partial charge in [0.15, 0.2) is 0 Å². The Labute approximate surface area is 119 Å². The van der Waals surface area contributed by atoms with Crippen molar-refractivity contribution in [3.63, 3.8) is 0 Å². The van der Waals surface area contributed by atoms with Gasteiger partial charge in [0.1, 0.15) is 19.6 Å². The molecule has 0 heterocycles. The third-order valence-corrected chi connectivity index (χ3v) is 3.10. The zero-order valence-electron chi connectivity index (χ0n) is 13.6. The monoisotopic (exact) mass is 280 g/mol. The van der Waals surface area contributed by atoms with Gasteiger partial charge < -0.3 is 24.3 Å². The van der Waals surface area contributed by atoms with Crippen molar-refractivity contribution in [2.75, 3.05) is 74.2 Å². The van der Waals surface area contributed by atoms with E-state index in [0.29, 0.717) is 24.1 Å². The summed E-state index contributed by atoms with van der Waals surface area (Å²) in [5, 5.41) is 26.0. The smallest absolute Gasteiger partial charge is 0.102 e. The predicted molar refractivity (Wildman–Crippen MR) is 79.9 cm³/mol.